The number of nitrogens with two attached hydrogens (primary N) is 1. The highest BCUT2D eigenvalue weighted by Crippen LogP contribution is 2.29. The van der Waals surface area contributed by atoms with Gasteiger partial charge in [0.05, 0.1) is 0 Å². The number of carboxylic acids is 1. The number of amidine groups is 1. The number of ether oxygens (including phenoxy) is 1. The Kier molecular flexibility index (Phi) is 6.85. The van der Waals surface area contributed by atoms with Gasteiger partial charge in [-0.05, 0) is 50.6 Å². The molecule has 2 rings (SSSR count). The van der Waals surface area contributed by atoms with E-state index in [9.17, 15) is 23.9 Å². The molecule has 31 heavy (non-hydrogen) atoms. The molecular formula is C21H24FN3O5S. The zero-order chi connectivity index (χ0) is 23.6. The largest absolute Gasteiger partial charge is 0.480 e. The number of carbonyl (C=O) groups excluding carboxylic acids is 2. The number of hydrogen-bond donors (Lipinski definition) is 4. The lowest BCUT2D eigenvalue weighted by Gasteiger charge is -2.29. The predicted molar refractivity (Wildman–Crippen MR) is 114 cm³/mol. The van der Waals surface area contributed by atoms with Crippen LogP contribution >= 0.6 is 11.3 Å². The van der Waals surface area contributed by atoms with Gasteiger partial charge in [0.25, 0.3) is 0 Å². The first-order chi connectivity index (χ1) is 14.2. The Labute approximate surface area is 182 Å². The van der Waals surface area contributed by atoms with Gasteiger partial charge < -0.3 is 20.9 Å². The smallest absolute Gasteiger partial charge is 0.353 e. The Balaban J connectivity index is 2.09. The number of carboxylic acid groups (broad SMARTS) is 1. The summed E-state index contributed by atoms with van der Waals surface area (Å²) in [6, 6.07) is 6.77. The van der Waals surface area contributed by atoms with Crippen LogP contribution in [0.4, 0.5) is 4.39 Å². The second kappa shape index (κ2) is 8.84. The van der Waals surface area contributed by atoms with Gasteiger partial charge in [-0.25, -0.2) is 14.0 Å². The molecule has 0 saturated carbocycles. The molecule has 10 heteroatoms. The summed E-state index contributed by atoms with van der Waals surface area (Å²) >= 11 is 1.10. The minimum Gasteiger partial charge on any atom is -0.480 e. The maximum absolute atomic E-state index is 14.1. The van der Waals surface area contributed by atoms with Crippen LogP contribution < -0.4 is 15.8 Å². The van der Waals surface area contributed by atoms with Gasteiger partial charge in [-0.15, -0.1) is 11.3 Å². The van der Waals surface area contributed by atoms with E-state index in [-0.39, 0.29) is 28.4 Å². The second-order valence-electron chi connectivity index (χ2n) is 8.16. The molecule has 0 aliphatic heterocycles. The second-order valence-corrected chi connectivity index (χ2v) is 9.33. The average Bonchev–Trinajstić information content (AvgIpc) is 3.10. The molecular weight excluding hydrogens is 425 g/mol. The third kappa shape index (κ3) is 5.88. The topological polar surface area (TPSA) is 143 Å². The number of thiophene rings is 1. The van der Waals surface area contributed by atoms with Crippen LogP contribution in [0, 0.1) is 16.6 Å². The van der Waals surface area contributed by atoms with Crippen LogP contribution in [0.2, 0.25) is 0 Å². The fraction of sp³-hybridized carbons (Fsp3) is 0.333. The molecule has 5 N–H and O–H groups in total. The molecule has 0 aliphatic rings. The molecule has 1 aromatic carbocycles. The summed E-state index contributed by atoms with van der Waals surface area (Å²) in [6.45, 7) is 6.13. The Hall–Kier alpha value is -3.27. The van der Waals surface area contributed by atoms with E-state index in [1.54, 1.807) is 19.9 Å². The van der Waals surface area contributed by atoms with Gasteiger partial charge in [0.2, 0.25) is 5.91 Å². The van der Waals surface area contributed by atoms with Crippen LogP contribution in [0.5, 0.6) is 5.75 Å². The lowest BCUT2D eigenvalue weighted by Crippen LogP contribution is -2.53. The Morgan fingerprint density at radius 1 is 1.19 bits per heavy atom. The molecule has 0 atom stereocenters. The third-order valence-corrected chi connectivity index (χ3v) is 5.57. The minimum atomic E-state index is -1.42. The molecule has 0 saturated heterocycles. The van der Waals surface area contributed by atoms with Crippen LogP contribution in [-0.2, 0) is 16.0 Å². The van der Waals surface area contributed by atoms with Crippen molar-refractivity contribution in [2.24, 2.45) is 11.1 Å². The van der Waals surface area contributed by atoms with Crippen molar-refractivity contribution in [1.29, 1.82) is 5.41 Å². The van der Waals surface area contributed by atoms with Crippen molar-refractivity contribution in [1.82, 2.24) is 5.32 Å². The number of hydrogen-bond acceptors (Lipinski definition) is 6. The maximum Gasteiger partial charge on any atom is 0.353 e. The summed E-state index contributed by atoms with van der Waals surface area (Å²) in [5, 5.41) is 19.0. The van der Waals surface area contributed by atoms with E-state index in [1.165, 1.54) is 32.0 Å². The van der Waals surface area contributed by atoms with Gasteiger partial charge in [0, 0.05) is 15.9 Å². The SMILES string of the molecule is CC(C)(Cc1ccc(C(=O)Oc2ccc(C(=N)N)cc2F)s1)C(=O)NC(C)(C)C(=O)O. The molecule has 0 fully saturated rings. The Morgan fingerprint density at radius 2 is 1.84 bits per heavy atom. The van der Waals surface area contributed by atoms with E-state index < -0.39 is 34.6 Å². The Bertz CT molecular complexity index is 1050. The standard InChI is InChI=1S/C21H24FN3O5S/c1-20(2,18(27)25-21(3,4)19(28)29)10-12-6-8-15(31-12)17(26)30-14-7-5-11(16(23)24)9-13(14)22/h5-9H,10H2,1-4H3,(H3,23,24)(H,25,27)(H,28,29). The molecule has 0 unspecified atom stereocenters. The molecule has 1 heterocycles. The molecule has 1 aromatic heterocycles. The molecule has 8 nitrogen and oxygen atoms in total. The van der Waals surface area contributed by atoms with Crippen molar-refractivity contribution in [2.45, 2.75) is 39.7 Å². The number of carbonyl (C=O) groups is 3. The van der Waals surface area contributed by atoms with Crippen molar-refractivity contribution in [2.75, 3.05) is 0 Å². The lowest BCUT2D eigenvalue weighted by atomic mass is 9.86. The number of esters is 1. The van der Waals surface area contributed by atoms with Gasteiger partial charge in [-0.3, -0.25) is 10.2 Å². The molecule has 0 bridgehead atoms. The minimum absolute atomic E-state index is 0.169. The number of benzene rings is 1. The number of rotatable bonds is 8. The van der Waals surface area contributed by atoms with Crippen molar-refractivity contribution in [3.05, 3.63) is 51.5 Å². The van der Waals surface area contributed by atoms with Crippen LogP contribution in [0.25, 0.3) is 0 Å². The first kappa shape index (κ1) is 24.0. The van der Waals surface area contributed by atoms with Gasteiger partial charge in [-0.1, -0.05) is 13.8 Å². The zero-order valence-electron chi connectivity index (χ0n) is 17.5. The van der Waals surface area contributed by atoms with E-state index in [2.05, 4.69) is 5.32 Å². The van der Waals surface area contributed by atoms with Crippen LogP contribution in [0.15, 0.2) is 30.3 Å². The van der Waals surface area contributed by atoms with E-state index in [0.29, 0.717) is 4.88 Å². The van der Waals surface area contributed by atoms with Gasteiger partial charge in [-0.2, -0.15) is 0 Å². The highest BCUT2D eigenvalue weighted by molar-refractivity contribution is 7.14. The number of amides is 1. The summed E-state index contributed by atoms with van der Waals surface area (Å²) in [7, 11) is 0. The van der Waals surface area contributed by atoms with E-state index in [0.717, 1.165) is 17.4 Å². The summed E-state index contributed by atoms with van der Waals surface area (Å²) in [4.78, 5) is 37.1. The van der Waals surface area contributed by atoms with Crippen LogP contribution in [0.3, 0.4) is 0 Å². The zero-order valence-corrected chi connectivity index (χ0v) is 18.4. The van der Waals surface area contributed by atoms with Gasteiger partial charge in [0.15, 0.2) is 11.6 Å². The number of nitrogens with one attached hydrogen (secondary N) is 2. The van der Waals surface area contributed by atoms with E-state index in [4.69, 9.17) is 15.9 Å². The number of halogens is 1. The summed E-state index contributed by atoms with van der Waals surface area (Å²) in [5.74, 6) is -3.78. The highest BCUT2D eigenvalue weighted by Gasteiger charge is 2.36. The third-order valence-electron chi connectivity index (χ3n) is 4.50. The summed E-state index contributed by atoms with van der Waals surface area (Å²) in [5.41, 5.74) is 3.12. The summed E-state index contributed by atoms with van der Waals surface area (Å²) in [6.07, 6.45) is 0.258. The normalized spacial score (nSPS) is 11.6. The quantitative estimate of drug-likeness (QED) is 0.211. The molecule has 1 amide bonds. The van der Waals surface area contributed by atoms with Crippen LogP contribution in [0.1, 0.15) is 47.8 Å². The fourth-order valence-corrected chi connectivity index (χ4v) is 3.62. The lowest BCUT2D eigenvalue weighted by molar-refractivity contribution is -0.147. The first-order valence-corrected chi connectivity index (χ1v) is 10.1. The van der Waals surface area contributed by atoms with Crippen molar-refractivity contribution in [3.8, 4) is 5.75 Å². The number of aliphatic carboxylic acids is 1. The number of nitrogen functional groups attached to an aromatic ring is 1. The predicted octanol–water partition coefficient (Wildman–Crippen LogP) is 2.94. The molecule has 0 radical (unpaired) electrons. The molecule has 0 aliphatic carbocycles. The van der Waals surface area contributed by atoms with E-state index in [1.807, 2.05) is 0 Å². The highest BCUT2D eigenvalue weighted by atomic mass is 32.1. The first-order valence-electron chi connectivity index (χ1n) is 9.24. The van der Waals surface area contributed by atoms with Gasteiger partial charge in [0.1, 0.15) is 16.3 Å². The van der Waals surface area contributed by atoms with E-state index >= 15 is 0 Å². The molecule has 0 spiro atoms. The van der Waals surface area contributed by atoms with Crippen molar-refractivity contribution in [3.63, 3.8) is 0 Å². The van der Waals surface area contributed by atoms with Crippen molar-refractivity contribution < 1.29 is 28.6 Å². The molecule has 2 aromatic rings. The molecule has 166 valence electrons. The monoisotopic (exact) mass is 449 g/mol. The van der Waals surface area contributed by atoms with Gasteiger partial charge >= 0.3 is 11.9 Å². The average molecular weight is 450 g/mol. The summed E-state index contributed by atoms with van der Waals surface area (Å²) < 4.78 is 19.2. The maximum atomic E-state index is 14.1. The van der Waals surface area contributed by atoms with Crippen molar-refractivity contribution >= 4 is 35.0 Å². The van der Waals surface area contributed by atoms with Crippen LogP contribution in [-0.4, -0.2) is 34.3 Å². The fourth-order valence-electron chi connectivity index (χ4n) is 2.51. The Morgan fingerprint density at radius 3 is 2.39 bits per heavy atom.